The molecule has 0 radical (unpaired) electrons. The number of likely N-dealkylation sites (N-methyl/N-ethyl adjacent to an activating group) is 1. The summed E-state index contributed by atoms with van der Waals surface area (Å²) in [6.07, 6.45) is 5.18. The average Bonchev–Trinajstić information content (AvgIpc) is 3.39. The molecule has 2 fully saturated rings. The molecule has 4 rings (SSSR count). The fourth-order valence-electron chi connectivity index (χ4n) is 5.57. The normalized spacial score (nSPS) is 32.9. The van der Waals surface area contributed by atoms with E-state index >= 15 is 0 Å². The lowest BCUT2D eigenvalue weighted by Crippen LogP contribution is -2.67. The first-order valence-corrected chi connectivity index (χ1v) is 9.92. The van der Waals surface area contributed by atoms with Gasteiger partial charge in [-0.15, -0.1) is 0 Å². The number of nitrogens with two attached hydrogens (primary N) is 1. The Labute approximate surface area is 160 Å². The Morgan fingerprint density at radius 2 is 2.11 bits per heavy atom. The number of carbonyl (C=O) groups excluding carboxylic acids is 1. The minimum Gasteiger partial charge on any atom is -0.507 e. The van der Waals surface area contributed by atoms with E-state index in [1.807, 2.05) is 13.0 Å². The van der Waals surface area contributed by atoms with Crippen LogP contribution in [0.2, 0.25) is 0 Å². The van der Waals surface area contributed by atoms with Gasteiger partial charge in [-0.05, 0) is 63.1 Å². The van der Waals surface area contributed by atoms with Gasteiger partial charge in [0.15, 0.2) is 0 Å². The average molecular weight is 370 g/mol. The van der Waals surface area contributed by atoms with Gasteiger partial charge < -0.3 is 15.9 Å². The lowest BCUT2D eigenvalue weighted by Gasteiger charge is -2.58. The minimum atomic E-state index is -0.988. The van der Waals surface area contributed by atoms with Gasteiger partial charge in [0.1, 0.15) is 5.75 Å². The molecule has 5 nitrogen and oxygen atoms in total. The number of nitrogens with zero attached hydrogens (tertiary/aromatic N) is 1. The lowest BCUT2D eigenvalue weighted by atomic mass is 9.52. The highest BCUT2D eigenvalue weighted by Gasteiger charge is 2.60. The summed E-state index contributed by atoms with van der Waals surface area (Å²) in [6, 6.07) is 3.48. The van der Waals surface area contributed by atoms with E-state index < -0.39 is 16.9 Å². The molecule has 3 atom stereocenters. The topological polar surface area (TPSA) is 86.8 Å². The first kappa shape index (κ1) is 18.5. The fourth-order valence-corrected chi connectivity index (χ4v) is 5.57. The predicted molar refractivity (Wildman–Crippen MR) is 105 cm³/mol. The van der Waals surface area contributed by atoms with Gasteiger partial charge in [-0.25, -0.2) is 0 Å². The van der Waals surface area contributed by atoms with Crippen LogP contribution in [0, 0.1) is 5.92 Å². The molecule has 2 saturated carbocycles. The number of aliphatic hydroxyl groups is 1. The van der Waals surface area contributed by atoms with Gasteiger partial charge in [-0.2, -0.15) is 0 Å². The second kappa shape index (κ2) is 6.08. The number of phenols is 1. The number of benzene rings is 1. The van der Waals surface area contributed by atoms with Crippen LogP contribution in [0.4, 0.5) is 0 Å². The van der Waals surface area contributed by atoms with Crippen LogP contribution in [-0.4, -0.2) is 46.3 Å². The van der Waals surface area contributed by atoms with Crippen molar-refractivity contribution in [2.45, 2.75) is 62.5 Å². The molecule has 5 heteroatoms. The number of rotatable bonds is 4. The van der Waals surface area contributed by atoms with E-state index in [-0.39, 0.29) is 17.4 Å². The summed E-state index contributed by atoms with van der Waals surface area (Å²) < 4.78 is 0. The molecule has 3 aliphatic carbocycles. The van der Waals surface area contributed by atoms with E-state index in [0.717, 1.165) is 30.0 Å². The number of hydrogen-bond donors (Lipinski definition) is 3. The largest absolute Gasteiger partial charge is 0.507 e. The third kappa shape index (κ3) is 2.71. The maximum Gasteiger partial charge on any atom is 0.252 e. The number of primary amides is 1. The molecule has 1 unspecified atom stereocenters. The number of aromatic hydroxyl groups is 1. The molecule has 146 valence electrons. The van der Waals surface area contributed by atoms with Crippen LogP contribution in [0.15, 0.2) is 24.3 Å². The molecule has 1 amide bonds. The van der Waals surface area contributed by atoms with Gasteiger partial charge in [0, 0.05) is 23.6 Å². The predicted octanol–water partition coefficient (Wildman–Crippen LogP) is 2.49. The van der Waals surface area contributed by atoms with E-state index in [1.165, 1.54) is 12.8 Å². The van der Waals surface area contributed by atoms with Crippen LogP contribution in [0.3, 0.4) is 0 Å². The van der Waals surface area contributed by atoms with Crippen molar-refractivity contribution >= 4 is 5.91 Å². The molecule has 1 aromatic carbocycles. The second-order valence-corrected chi connectivity index (χ2v) is 9.15. The first-order chi connectivity index (χ1) is 12.7. The summed E-state index contributed by atoms with van der Waals surface area (Å²) in [5.41, 5.74) is 6.65. The Kier molecular flexibility index (Phi) is 4.17. The highest BCUT2D eigenvalue weighted by Crippen LogP contribution is 2.57. The molecule has 0 aromatic heterocycles. The monoisotopic (exact) mass is 370 g/mol. The van der Waals surface area contributed by atoms with Crippen LogP contribution < -0.4 is 5.73 Å². The zero-order valence-electron chi connectivity index (χ0n) is 16.3. The first-order valence-electron chi connectivity index (χ1n) is 9.92. The molecule has 1 aromatic rings. The van der Waals surface area contributed by atoms with Gasteiger partial charge >= 0.3 is 0 Å². The molecule has 0 heterocycles. The summed E-state index contributed by atoms with van der Waals surface area (Å²) in [5, 5.41) is 23.0. The van der Waals surface area contributed by atoms with Crippen molar-refractivity contribution in [1.82, 2.24) is 4.90 Å². The summed E-state index contributed by atoms with van der Waals surface area (Å²) in [5.74, 6) is 0.0134. The molecule has 4 N–H and O–H groups in total. The third-order valence-electron chi connectivity index (χ3n) is 7.24. The Morgan fingerprint density at radius 3 is 2.74 bits per heavy atom. The molecule has 0 bridgehead atoms. The van der Waals surface area contributed by atoms with Crippen molar-refractivity contribution in [2.75, 3.05) is 13.6 Å². The van der Waals surface area contributed by atoms with Crippen LogP contribution in [0.25, 0.3) is 0 Å². The Hall–Kier alpha value is -1.85. The van der Waals surface area contributed by atoms with Crippen LogP contribution >= 0.6 is 0 Å². The van der Waals surface area contributed by atoms with E-state index in [0.29, 0.717) is 24.8 Å². The summed E-state index contributed by atoms with van der Waals surface area (Å²) >= 11 is 0. The van der Waals surface area contributed by atoms with Gasteiger partial charge in [-0.3, -0.25) is 9.69 Å². The number of allylic oxidation sites excluding steroid dienone is 1. The number of hydrogen-bond acceptors (Lipinski definition) is 4. The van der Waals surface area contributed by atoms with Crippen LogP contribution in [-0.2, 0) is 11.8 Å². The van der Waals surface area contributed by atoms with Crippen molar-refractivity contribution in [3.05, 3.63) is 41.0 Å². The quantitative estimate of drug-likeness (QED) is 0.711. The van der Waals surface area contributed by atoms with Gasteiger partial charge in [-0.1, -0.05) is 25.1 Å². The minimum absolute atomic E-state index is 0.0254. The zero-order chi connectivity index (χ0) is 19.6. The molecular weight excluding hydrogens is 340 g/mol. The molecule has 27 heavy (non-hydrogen) atoms. The fraction of sp³-hybridized carbons (Fsp3) is 0.591. The van der Waals surface area contributed by atoms with E-state index in [1.54, 1.807) is 6.07 Å². The molecular formula is C22H30N2O3. The maximum atomic E-state index is 12.0. The van der Waals surface area contributed by atoms with Crippen LogP contribution in [0.1, 0.15) is 60.5 Å². The molecule has 3 aliphatic rings. The zero-order valence-corrected chi connectivity index (χ0v) is 16.3. The summed E-state index contributed by atoms with van der Waals surface area (Å²) in [4.78, 5) is 14.1. The standard InChI is InChI=1S/C22H30N2O3/c1-13-8-9-22(27)17(24(3)12-14-4-5-14)10-15-6-7-16(20(23)26)19(25)18(15)21(22,2)11-13/h6-7,14,17,25,27H,1,4-5,8-12H2,2-3H3,(H2,23,26)/t17-,21?,22-/m1/s1. The summed E-state index contributed by atoms with van der Waals surface area (Å²) in [6.45, 7) is 7.17. The van der Waals surface area contributed by atoms with Crippen molar-refractivity contribution in [3.63, 3.8) is 0 Å². The van der Waals surface area contributed by atoms with E-state index in [4.69, 9.17) is 5.73 Å². The lowest BCUT2D eigenvalue weighted by molar-refractivity contribution is -0.119. The third-order valence-corrected chi connectivity index (χ3v) is 7.24. The van der Waals surface area contributed by atoms with Crippen molar-refractivity contribution < 1.29 is 15.0 Å². The van der Waals surface area contributed by atoms with Crippen LogP contribution in [0.5, 0.6) is 5.75 Å². The Bertz CT molecular complexity index is 816. The van der Waals surface area contributed by atoms with Gasteiger partial charge in [0.2, 0.25) is 0 Å². The Balaban J connectivity index is 1.87. The number of carbonyl (C=O) groups is 1. The smallest absolute Gasteiger partial charge is 0.252 e. The second-order valence-electron chi connectivity index (χ2n) is 9.15. The van der Waals surface area contributed by atoms with Crippen molar-refractivity contribution in [1.29, 1.82) is 0 Å². The highest BCUT2D eigenvalue weighted by molar-refractivity contribution is 5.96. The number of amides is 1. The van der Waals surface area contributed by atoms with Crippen molar-refractivity contribution in [2.24, 2.45) is 11.7 Å². The number of fused-ring (bicyclic) bond motifs is 3. The highest BCUT2D eigenvalue weighted by atomic mass is 16.3. The molecule has 0 spiro atoms. The van der Waals surface area contributed by atoms with Gasteiger partial charge in [0.05, 0.1) is 11.2 Å². The van der Waals surface area contributed by atoms with Crippen molar-refractivity contribution in [3.8, 4) is 5.75 Å². The van der Waals surface area contributed by atoms with E-state index in [9.17, 15) is 15.0 Å². The summed E-state index contributed by atoms with van der Waals surface area (Å²) in [7, 11) is 2.10. The molecule has 0 saturated heterocycles. The van der Waals surface area contributed by atoms with E-state index in [2.05, 4.69) is 18.5 Å². The van der Waals surface area contributed by atoms with Gasteiger partial charge in [0.25, 0.3) is 5.91 Å². The maximum absolute atomic E-state index is 12.0. The Morgan fingerprint density at radius 1 is 1.41 bits per heavy atom. The SMILES string of the molecule is C=C1CC[C@@]2(O)[C@H](N(C)CC3CC3)Cc3ccc(C(N)=O)c(O)c3C2(C)C1. The molecule has 0 aliphatic heterocycles.